The molecule has 0 amide bonds. The second kappa shape index (κ2) is 10.9. The lowest BCUT2D eigenvalue weighted by Gasteiger charge is -2.30. The maximum atomic E-state index is 13.4. The summed E-state index contributed by atoms with van der Waals surface area (Å²) in [7, 11) is 0. The van der Waals surface area contributed by atoms with Crippen LogP contribution in [0, 0.1) is 0 Å². The number of benzene rings is 4. The number of fused-ring (bicyclic) bond motifs is 3. The summed E-state index contributed by atoms with van der Waals surface area (Å²) >= 11 is 0. The fourth-order valence-electron chi connectivity index (χ4n) is 5.45. The van der Waals surface area contributed by atoms with E-state index in [0.717, 1.165) is 5.56 Å². The summed E-state index contributed by atoms with van der Waals surface area (Å²) in [5.74, 6) is -0.154. The maximum Gasteiger partial charge on any atom is 0.306 e. The summed E-state index contributed by atoms with van der Waals surface area (Å²) < 4.78 is 6.02. The molecule has 1 aliphatic carbocycles. The van der Waals surface area contributed by atoms with Crippen molar-refractivity contribution in [3.05, 3.63) is 131 Å². The van der Waals surface area contributed by atoms with Crippen LogP contribution in [0.3, 0.4) is 0 Å². The molecule has 1 N–H and O–H groups in total. The molecule has 1 aliphatic rings. The van der Waals surface area contributed by atoms with E-state index in [4.69, 9.17) is 4.74 Å². The third kappa shape index (κ3) is 5.12. The zero-order valence-electron chi connectivity index (χ0n) is 20.9. The summed E-state index contributed by atoms with van der Waals surface area (Å²) in [6, 6.07) is 37.9. The van der Waals surface area contributed by atoms with E-state index in [9.17, 15) is 4.79 Å². The smallest absolute Gasteiger partial charge is 0.306 e. The lowest BCUT2D eigenvalue weighted by atomic mass is 9.84. The summed E-state index contributed by atoms with van der Waals surface area (Å²) in [6.45, 7) is 4.64. The zero-order valence-corrected chi connectivity index (χ0v) is 20.9. The minimum Gasteiger partial charge on any atom is -0.465 e. The van der Waals surface area contributed by atoms with Gasteiger partial charge in [-0.3, -0.25) is 4.79 Å². The van der Waals surface area contributed by atoms with Crippen molar-refractivity contribution in [2.24, 2.45) is 0 Å². The third-order valence-corrected chi connectivity index (χ3v) is 7.06. The third-order valence-electron chi connectivity index (χ3n) is 7.06. The van der Waals surface area contributed by atoms with Crippen molar-refractivity contribution in [2.45, 2.75) is 44.2 Å². The number of carbonyl (C=O) groups excluding carboxylic acids is 1. The van der Waals surface area contributed by atoms with E-state index < -0.39 is 0 Å². The molecular formula is C33H33NO2. The van der Waals surface area contributed by atoms with E-state index in [1.165, 1.54) is 27.8 Å². The Kier molecular flexibility index (Phi) is 7.29. The van der Waals surface area contributed by atoms with Gasteiger partial charge in [0.2, 0.25) is 0 Å². The van der Waals surface area contributed by atoms with Gasteiger partial charge in [0.05, 0.1) is 6.42 Å². The van der Waals surface area contributed by atoms with Gasteiger partial charge in [-0.25, -0.2) is 0 Å². The predicted molar refractivity (Wildman–Crippen MR) is 146 cm³/mol. The van der Waals surface area contributed by atoms with Crippen molar-refractivity contribution in [1.82, 2.24) is 5.32 Å². The lowest BCUT2D eigenvalue weighted by Crippen LogP contribution is -2.33. The van der Waals surface area contributed by atoms with Crippen molar-refractivity contribution in [3.8, 4) is 11.1 Å². The van der Waals surface area contributed by atoms with Crippen LogP contribution >= 0.6 is 0 Å². The van der Waals surface area contributed by atoms with Gasteiger partial charge in [-0.1, -0.05) is 123 Å². The largest absolute Gasteiger partial charge is 0.465 e. The van der Waals surface area contributed by atoms with Gasteiger partial charge in [-0.2, -0.15) is 0 Å². The number of hydrogen-bond donors (Lipinski definition) is 1. The Bertz CT molecular complexity index is 1250. The number of nitrogens with one attached hydrogen (secondary N) is 1. The Morgan fingerprint density at radius 2 is 1.22 bits per heavy atom. The van der Waals surface area contributed by atoms with E-state index >= 15 is 0 Å². The van der Waals surface area contributed by atoms with E-state index in [-0.39, 0.29) is 29.9 Å². The van der Waals surface area contributed by atoms with Gasteiger partial charge in [0.15, 0.2) is 0 Å². The van der Waals surface area contributed by atoms with Crippen molar-refractivity contribution >= 4 is 5.97 Å². The molecule has 36 heavy (non-hydrogen) atoms. The van der Waals surface area contributed by atoms with Crippen LogP contribution in [0.5, 0.6) is 0 Å². The minimum atomic E-state index is -0.169. The summed E-state index contributed by atoms with van der Waals surface area (Å²) in [6.07, 6.45) is 0.305. The first-order valence-corrected chi connectivity index (χ1v) is 12.8. The average molecular weight is 476 g/mol. The van der Waals surface area contributed by atoms with Crippen LogP contribution < -0.4 is 5.32 Å². The van der Waals surface area contributed by atoms with E-state index in [1.54, 1.807) is 0 Å². The molecule has 2 atom stereocenters. The van der Waals surface area contributed by atoms with Gasteiger partial charge in [0.25, 0.3) is 0 Å². The fraction of sp³-hybridized carbons (Fsp3) is 0.242. The zero-order chi connectivity index (χ0) is 24.9. The van der Waals surface area contributed by atoms with Crippen molar-refractivity contribution in [2.75, 3.05) is 6.61 Å². The minimum absolute atomic E-state index is 0.00548. The Hall–Kier alpha value is -3.69. The second-order valence-corrected chi connectivity index (χ2v) is 9.84. The Labute approximate surface area is 214 Å². The first-order valence-electron chi connectivity index (χ1n) is 12.8. The van der Waals surface area contributed by atoms with Gasteiger partial charge in [0.1, 0.15) is 6.61 Å². The molecule has 3 heteroatoms. The first kappa shape index (κ1) is 24.0. The topological polar surface area (TPSA) is 38.3 Å². The lowest BCUT2D eigenvalue weighted by molar-refractivity contribution is -0.144. The first-order chi connectivity index (χ1) is 17.6. The van der Waals surface area contributed by atoms with Crippen LogP contribution in [-0.2, 0) is 9.53 Å². The number of hydrogen-bond acceptors (Lipinski definition) is 3. The quantitative estimate of drug-likeness (QED) is 0.259. The number of ether oxygens (including phenoxy) is 1. The van der Waals surface area contributed by atoms with Crippen molar-refractivity contribution in [1.29, 1.82) is 0 Å². The molecule has 0 bridgehead atoms. The van der Waals surface area contributed by atoms with Crippen LogP contribution in [0.1, 0.15) is 60.4 Å². The highest BCUT2D eigenvalue weighted by molar-refractivity contribution is 5.79. The monoisotopic (exact) mass is 475 g/mol. The normalized spacial score (nSPS) is 14.2. The van der Waals surface area contributed by atoms with E-state index in [1.807, 2.05) is 24.3 Å². The molecule has 4 aromatic carbocycles. The number of carbonyl (C=O) groups is 1. The molecular weight excluding hydrogens is 442 g/mol. The molecule has 4 aromatic rings. The molecule has 0 fully saturated rings. The second-order valence-electron chi connectivity index (χ2n) is 9.84. The Morgan fingerprint density at radius 3 is 1.78 bits per heavy atom. The average Bonchev–Trinajstić information content (AvgIpc) is 3.24. The summed E-state index contributed by atoms with van der Waals surface area (Å²) in [5, 5.41) is 3.72. The SMILES string of the molecule is CC(C)N[C@@H](c1ccccc1)[C@@H](CC(=O)OCC1c2ccccc2-c2ccccc21)c1ccccc1. The van der Waals surface area contributed by atoms with Crippen LogP contribution in [0.15, 0.2) is 109 Å². The fourth-order valence-corrected chi connectivity index (χ4v) is 5.45. The van der Waals surface area contributed by atoms with Gasteiger partial charge in [-0.15, -0.1) is 0 Å². The molecule has 0 unspecified atom stereocenters. The van der Waals surface area contributed by atoms with Crippen LogP contribution in [0.25, 0.3) is 11.1 Å². The molecule has 3 nitrogen and oxygen atoms in total. The highest BCUT2D eigenvalue weighted by atomic mass is 16.5. The number of rotatable bonds is 9. The molecule has 0 aromatic heterocycles. The molecule has 0 aliphatic heterocycles. The summed E-state index contributed by atoms with van der Waals surface area (Å²) in [5.41, 5.74) is 7.24. The number of esters is 1. The standard InChI is InChI=1S/C33H33NO2/c1-23(2)34-33(25-15-7-4-8-16-25)30(24-13-5-3-6-14-24)21-32(35)36-22-31-28-19-11-9-17-26(28)27-18-10-12-20-29(27)31/h3-20,23,30-31,33-34H,21-22H2,1-2H3/t30-,33-/m0/s1. The van der Waals surface area contributed by atoms with Gasteiger partial charge in [0, 0.05) is 23.9 Å². The van der Waals surface area contributed by atoms with Gasteiger partial charge >= 0.3 is 5.97 Å². The van der Waals surface area contributed by atoms with Gasteiger partial charge in [-0.05, 0) is 33.4 Å². The Balaban J connectivity index is 1.38. The predicted octanol–water partition coefficient (Wildman–Crippen LogP) is 7.26. The highest BCUT2D eigenvalue weighted by Crippen LogP contribution is 2.44. The van der Waals surface area contributed by atoms with Gasteiger partial charge < -0.3 is 10.1 Å². The van der Waals surface area contributed by atoms with Crippen LogP contribution in [-0.4, -0.2) is 18.6 Å². The van der Waals surface area contributed by atoms with Crippen molar-refractivity contribution < 1.29 is 9.53 Å². The summed E-state index contributed by atoms with van der Waals surface area (Å²) in [4.78, 5) is 13.4. The maximum absolute atomic E-state index is 13.4. The molecule has 182 valence electrons. The molecule has 0 spiro atoms. The molecule has 0 radical (unpaired) electrons. The van der Waals surface area contributed by atoms with Crippen LogP contribution in [0.2, 0.25) is 0 Å². The van der Waals surface area contributed by atoms with Crippen molar-refractivity contribution in [3.63, 3.8) is 0 Å². The highest BCUT2D eigenvalue weighted by Gasteiger charge is 2.31. The molecule has 0 saturated carbocycles. The molecule has 5 rings (SSSR count). The Morgan fingerprint density at radius 1 is 0.722 bits per heavy atom. The van der Waals surface area contributed by atoms with E-state index in [0.29, 0.717) is 13.0 Å². The van der Waals surface area contributed by atoms with E-state index in [2.05, 4.69) is 104 Å². The van der Waals surface area contributed by atoms with Crippen LogP contribution in [0.4, 0.5) is 0 Å². The molecule has 0 saturated heterocycles. The molecule has 0 heterocycles.